The predicted octanol–water partition coefficient (Wildman–Crippen LogP) is 2.53. The number of benzene rings is 1. The fraction of sp³-hybridized carbons (Fsp3) is 0.538. The summed E-state index contributed by atoms with van der Waals surface area (Å²) in [6.45, 7) is 6.66. The number of nitrogens with zero attached hydrogens (tertiary/aromatic N) is 4. The predicted molar refractivity (Wildman–Crippen MR) is 136 cm³/mol. The topological polar surface area (TPSA) is 84.4 Å². The zero-order valence-corrected chi connectivity index (χ0v) is 21.1. The first-order valence-electron chi connectivity index (χ1n) is 12.5. The number of hydrogen-bond acceptors (Lipinski definition) is 7. The maximum atomic E-state index is 13.9. The molecule has 1 aromatic heterocycles. The molecule has 0 spiro atoms. The maximum Gasteiger partial charge on any atom is 0.331 e. The van der Waals surface area contributed by atoms with Gasteiger partial charge < -0.3 is 14.5 Å². The summed E-state index contributed by atoms with van der Waals surface area (Å²) >= 11 is 1.93. The minimum atomic E-state index is -0.817. The number of thioether (sulfide) groups is 1. The zero-order valence-electron chi connectivity index (χ0n) is 20.3. The number of carbonyl (C=O) groups is 2. The summed E-state index contributed by atoms with van der Waals surface area (Å²) in [5.74, 6) is 2.61. The van der Waals surface area contributed by atoms with E-state index in [1.807, 2.05) is 49.0 Å². The van der Waals surface area contributed by atoms with Gasteiger partial charge in [0.25, 0.3) is 5.91 Å². The van der Waals surface area contributed by atoms with Gasteiger partial charge in [0, 0.05) is 49.6 Å². The van der Waals surface area contributed by atoms with Crippen LogP contribution in [0.2, 0.25) is 0 Å². The highest BCUT2D eigenvalue weighted by atomic mass is 32.2. The van der Waals surface area contributed by atoms with Crippen molar-refractivity contribution >= 4 is 29.5 Å². The molecule has 2 aromatic rings. The second-order valence-corrected chi connectivity index (χ2v) is 11.3. The van der Waals surface area contributed by atoms with Gasteiger partial charge in [-0.05, 0) is 24.6 Å². The van der Waals surface area contributed by atoms with Crippen LogP contribution in [0.1, 0.15) is 25.3 Å². The second kappa shape index (κ2) is 10.2. The van der Waals surface area contributed by atoms with Crippen LogP contribution >= 0.6 is 11.8 Å². The standard InChI is InChI=1S/C26H33N5O3S/c1-26(21-6-3-2-4-7-21,30-12-16-35-17-13-30)25(33)34-22-18-31(14-9-20(22)10-15-31)19-24(32)28-23-8-5-11-27-29-23/h2-8,11,20,22H,9-10,12-19H2,1H3/p+1/t20?,22-,26?,31?/m0/s1. The molecule has 9 heteroatoms. The SMILES string of the molecule is CC(C(=O)O[C@H]1C[N+]2(CC(=O)Nc3cccnn3)CCC1CC2)(c1ccccc1)N1CCSCC1. The fourth-order valence-corrected chi connectivity index (χ4v) is 6.79. The Morgan fingerprint density at radius 3 is 2.57 bits per heavy atom. The summed E-state index contributed by atoms with van der Waals surface area (Å²) in [6.07, 6.45) is 3.35. The van der Waals surface area contributed by atoms with Crippen LogP contribution in [0.4, 0.5) is 5.82 Å². The van der Waals surface area contributed by atoms with Crippen LogP contribution in [0.5, 0.6) is 0 Å². The monoisotopic (exact) mass is 496 g/mol. The number of esters is 1. The van der Waals surface area contributed by atoms with Crippen molar-refractivity contribution in [1.82, 2.24) is 15.1 Å². The van der Waals surface area contributed by atoms with Crippen molar-refractivity contribution in [1.29, 1.82) is 0 Å². The summed E-state index contributed by atoms with van der Waals surface area (Å²) in [4.78, 5) is 29.0. The van der Waals surface area contributed by atoms with E-state index in [0.29, 0.717) is 29.3 Å². The van der Waals surface area contributed by atoms with Crippen LogP contribution in [0.15, 0.2) is 48.7 Å². The minimum absolute atomic E-state index is 0.0733. The summed E-state index contributed by atoms with van der Waals surface area (Å²) in [5.41, 5.74) is 0.160. The van der Waals surface area contributed by atoms with Gasteiger partial charge in [-0.15, -0.1) is 5.10 Å². The Hall–Kier alpha value is -2.49. The molecule has 1 amide bonds. The molecule has 4 aliphatic heterocycles. The van der Waals surface area contributed by atoms with Crippen LogP contribution in [0.25, 0.3) is 0 Å². The highest BCUT2D eigenvalue weighted by Crippen LogP contribution is 2.38. The molecule has 1 aromatic carbocycles. The average Bonchev–Trinajstić information content (AvgIpc) is 2.90. The van der Waals surface area contributed by atoms with Crippen LogP contribution in [0, 0.1) is 5.92 Å². The third-order valence-electron chi connectivity index (χ3n) is 8.00. The molecule has 2 bridgehead atoms. The number of piperidine rings is 3. The molecule has 8 nitrogen and oxygen atoms in total. The highest BCUT2D eigenvalue weighted by Gasteiger charge is 2.51. The van der Waals surface area contributed by atoms with Crippen LogP contribution in [-0.4, -0.2) is 88.3 Å². The molecule has 0 radical (unpaired) electrons. The molecular weight excluding hydrogens is 462 g/mol. The van der Waals surface area contributed by atoms with Gasteiger partial charge in [0.15, 0.2) is 18.5 Å². The van der Waals surface area contributed by atoms with Gasteiger partial charge in [0.05, 0.1) is 13.1 Å². The first-order chi connectivity index (χ1) is 17.0. The van der Waals surface area contributed by atoms with E-state index >= 15 is 0 Å². The van der Waals surface area contributed by atoms with Crippen LogP contribution in [0.3, 0.4) is 0 Å². The van der Waals surface area contributed by atoms with Gasteiger partial charge in [-0.1, -0.05) is 30.3 Å². The van der Waals surface area contributed by atoms with Crippen molar-refractivity contribution in [3.8, 4) is 0 Å². The maximum absolute atomic E-state index is 13.9. The number of carbonyl (C=O) groups excluding carboxylic acids is 2. The molecule has 6 rings (SSSR count). The summed E-state index contributed by atoms with van der Waals surface area (Å²) in [6, 6.07) is 13.5. The van der Waals surface area contributed by atoms with Gasteiger partial charge >= 0.3 is 5.97 Å². The van der Waals surface area contributed by atoms with E-state index in [9.17, 15) is 9.59 Å². The Kier molecular flexibility index (Phi) is 7.09. The van der Waals surface area contributed by atoms with Crippen molar-refractivity contribution in [2.75, 3.05) is 56.1 Å². The lowest BCUT2D eigenvalue weighted by atomic mass is 9.82. The third-order valence-corrected chi connectivity index (χ3v) is 8.94. The van der Waals surface area contributed by atoms with Crippen molar-refractivity contribution in [2.45, 2.75) is 31.4 Å². The van der Waals surface area contributed by atoms with Gasteiger partial charge in [0.2, 0.25) is 0 Å². The van der Waals surface area contributed by atoms with Gasteiger partial charge in [0.1, 0.15) is 12.1 Å². The molecular formula is C26H34N5O3S+. The summed E-state index contributed by atoms with van der Waals surface area (Å²) < 4.78 is 7.02. The number of anilines is 1. The van der Waals surface area contributed by atoms with E-state index in [1.165, 1.54) is 0 Å². The van der Waals surface area contributed by atoms with Gasteiger partial charge in [-0.25, -0.2) is 4.79 Å². The number of amides is 1. The van der Waals surface area contributed by atoms with E-state index in [4.69, 9.17) is 4.74 Å². The Morgan fingerprint density at radius 1 is 1.14 bits per heavy atom. The lowest BCUT2D eigenvalue weighted by Crippen LogP contribution is -2.67. The number of quaternary nitrogens is 1. The van der Waals surface area contributed by atoms with Crippen molar-refractivity contribution in [2.24, 2.45) is 5.92 Å². The number of ether oxygens (including phenoxy) is 1. The van der Waals surface area contributed by atoms with Crippen LogP contribution in [-0.2, 0) is 19.9 Å². The molecule has 1 N–H and O–H groups in total. The fourth-order valence-electron chi connectivity index (χ4n) is 5.89. The largest absolute Gasteiger partial charge is 0.454 e. The molecule has 2 atom stereocenters. The zero-order chi connectivity index (χ0) is 24.3. The first kappa shape index (κ1) is 24.2. The Labute approximate surface area is 211 Å². The first-order valence-corrected chi connectivity index (χ1v) is 13.7. The number of nitrogens with one attached hydrogen (secondary N) is 1. The number of hydrogen-bond donors (Lipinski definition) is 1. The van der Waals surface area contributed by atoms with E-state index in [2.05, 4.69) is 20.4 Å². The number of rotatable bonds is 7. The average molecular weight is 497 g/mol. The molecule has 0 aliphatic carbocycles. The van der Waals surface area contributed by atoms with Gasteiger partial charge in [-0.3, -0.25) is 9.69 Å². The van der Waals surface area contributed by atoms with Gasteiger partial charge in [-0.2, -0.15) is 16.9 Å². The molecule has 35 heavy (non-hydrogen) atoms. The lowest BCUT2D eigenvalue weighted by molar-refractivity contribution is -0.939. The Balaban J connectivity index is 1.30. The normalized spacial score (nSPS) is 28.1. The highest BCUT2D eigenvalue weighted by molar-refractivity contribution is 7.99. The van der Waals surface area contributed by atoms with Crippen molar-refractivity contribution in [3.05, 3.63) is 54.2 Å². The quantitative estimate of drug-likeness (QED) is 0.466. The summed E-state index contributed by atoms with van der Waals surface area (Å²) in [5, 5.41) is 10.7. The Morgan fingerprint density at radius 2 is 1.89 bits per heavy atom. The van der Waals surface area contributed by atoms with Crippen molar-refractivity contribution < 1.29 is 18.8 Å². The minimum Gasteiger partial charge on any atom is -0.454 e. The second-order valence-electron chi connectivity index (χ2n) is 10.1. The van der Waals surface area contributed by atoms with E-state index in [-0.39, 0.29) is 18.0 Å². The molecule has 4 saturated heterocycles. The Bertz CT molecular complexity index is 1030. The molecule has 5 heterocycles. The smallest absolute Gasteiger partial charge is 0.331 e. The number of aromatic nitrogens is 2. The molecule has 4 fully saturated rings. The lowest BCUT2D eigenvalue weighted by Gasteiger charge is -2.52. The molecule has 0 saturated carbocycles. The van der Waals surface area contributed by atoms with Crippen LogP contribution < -0.4 is 5.32 Å². The number of fused-ring (bicyclic) bond motifs is 3. The molecule has 186 valence electrons. The van der Waals surface area contributed by atoms with E-state index < -0.39 is 5.54 Å². The van der Waals surface area contributed by atoms with E-state index in [1.54, 1.807) is 18.3 Å². The molecule has 1 unspecified atom stereocenters. The molecule has 4 aliphatic rings. The summed E-state index contributed by atoms with van der Waals surface area (Å²) in [7, 11) is 0. The van der Waals surface area contributed by atoms with E-state index in [0.717, 1.165) is 56.1 Å². The van der Waals surface area contributed by atoms with Crippen molar-refractivity contribution in [3.63, 3.8) is 0 Å². The third kappa shape index (κ3) is 5.08.